The zero-order valence-corrected chi connectivity index (χ0v) is 20.5. The van der Waals surface area contributed by atoms with E-state index in [2.05, 4.69) is 27.1 Å². The SMILES string of the molecule is Cc1c(C)c(C)c(S(=O)(=O)NCCC(=O)NCc2cccc(CN(C)C)c2)c(C)c1C. The minimum absolute atomic E-state index is 0.0552. The van der Waals surface area contributed by atoms with Crippen LogP contribution in [0.25, 0.3) is 0 Å². The van der Waals surface area contributed by atoms with Gasteiger partial charge in [0.25, 0.3) is 0 Å². The standard InChI is InChI=1S/C24H35N3O3S/c1-16-17(2)19(4)24(20(5)18(16)3)31(29,30)26-12-11-23(28)25-14-21-9-8-10-22(13-21)15-27(6)7/h8-10,13,26H,11-12,14-15H2,1-7H3,(H,25,28). The first-order valence-corrected chi connectivity index (χ1v) is 12.0. The molecule has 31 heavy (non-hydrogen) atoms. The number of carbonyl (C=O) groups excluding carboxylic acids is 1. The molecule has 0 aliphatic rings. The van der Waals surface area contributed by atoms with Crippen LogP contribution < -0.4 is 10.0 Å². The minimum Gasteiger partial charge on any atom is -0.352 e. The lowest BCUT2D eigenvalue weighted by Crippen LogP contribution is -2.31. The van der Waals surface area contributed by atoms with E-state index in [4.69, 9.17) is 0 Å². The second-order valence-corrected chi connectivity index (χ2v) is 10.1. The van der Waals surface area contributed by atoms with Crippen molar-refractivity contribution in [2.45, 2.75) is 59.0 Å². The zero-order valence-electron chi connectivity index (χ0n) is 19.7. The minimum atomic E-state index is -3.70. The van der Waals surface area contributed by atoms with Crippen molar-refractivity contribution in [1.82, 2.24) is 14.9 Å². The fourth-order valence-corrected chi connectivity index (χ4v) is 5.36. The molecule has 7 heteroatoms. The van der Waals surface area contributed by atoms with Crippen LogP contribution in [-0.4, -0.2) is 39.9 Å². The topological polar surface area (TPSA) is 78.5 Å². The third-order valence-corrected chi connectivity index (χ3v) is 7.56. The molecule has 0 bridgehead atoms. The molecule has 0 heterocycles. The molecule has 0 saturated carbocycles. The predicted octanol–water partition coefficient (Wildman–Crippen LogP) is 3.28. The number of hydrogen-bond donors (Lipinski definition) is 2. The summed E-state index contributed by atoms with van der Waals surface area (Å²) in [4.78, 5) is 14.6. The van der Waals surface area contributed by atoms with Gasteiger partial charge in [-0.25, -0.2) is 13.1 Å². The molecule has 0 fully saturated rings. The van der Waals surface area contributed by atoms with Crippen molar-refractivity contribution in [2.75, 3.05) is 20.6 Å². The van der Waals surface area contributed by atoms with Crippen LogP contribution in [0.5, 0.6) is 0 Å². The number of sulfonamides is 1. The fraction of sp³-hybridized carbons (Fsp3) is 0.458. The van der Waals surface area contributed by atoms with E-state index in [0.717, 1.165) is 39.9 Å². The average Bonchev–Trinajstić information content (AvgIpc) is 2.69. The van der Waals surface area contributed by atoms with E-state index in [9.17, 15) is 13.2 Å². The van der Waals surface area contributed by atoms with Crippen molar-refractivity contribution in [3.63, 3.8) is 0 Å². The highest BCUT2D eigenvalue weighted by molar-refractivity contribution is 7.89. The molecule has 0 saturated heterocycles. The fourth-order valence-electron chi connectivity index (χ4n) is 3.73. The molecule has 0 atom stereocenters. The van der Waals surface area contributed by atoms with Crippen molar-refractivity contribution in [3.8, 4) is 0 Å². The maximum absolute atomic E-state index is 12.9. The largest absolute Gasteiger partial charge is 0.352 e. The van der Waals surface area contributed by atoms with Crippen molar-refractivity contribution in [1.29, 1.82) is 0 Å². The van der Waals surface area contributed by atoms with Gasteiger partial charge >= 0.3 is 0 Å². The van der Waals surface area contributed by atoms with Crippen molar-refractivity contribution < 1.29 is 13.2 Å². The Morgan fingerprint density at radius 1 is 0.903 bits per heavy atom. The van der Waals surface area contributed by atoms with Gasteiger partial charge in [-0.3, -0.25) is 4.79 Å². The van der Waals surface area contributed by atoms with Crippen LogP contribution in [0.15, 0.2) is 29.2 Å². The normalized spacial score (nSPS) is 11.7. The third-order valence-electron chi connectivity index (χ3n) is 5.82. The Bertz CT molecular complexity index is 1030. The number of rotatable bonds is 9. The molecule has 0 unspecified atom stereocenters. The summed E-state index contributed by atoms with van der Waals surface area (Å²) in [6, 6.07) is 8.07. The van der Waals surface area contributed by atoms with E-state index in [1.54, 1.807) is 0 Å². The van der Waals surface area contributed by atoms with Gasteiger partial charge in [-0.15, -0.1) is 0 Å². The summed E-state index contributed by atoms with van der Waals surface area (Å²) in [5.74, 6) is -0.189. The van der Waals surface area contributed by atoms with E-state index in [1.807, 2.05) is 60.8 Å². The van der Waals surface area contributed by atoms with Crippen LogP contribution in [0.4, 0.5) is 0 Å². The molecular weight excluding hydrogens is 410 g/mol. The first-order valence-electron chi connectivity index (χ1n) is 10.5. The predicted molar refractivity (Wildman–Crippen MR) is 126 cm³/mol. The summed E-state index contributed by atoms with van der Waals surface area (Å²) < 4.78 is 28.5. The summed E-state index contributed by atoms with van der Waals surface area (Å²) >= 11 is 0. The van der Waals surface area contributed by atoms with Gasteiger partial charge in [0.2, 0.25) is 15.9 Å². The highest BCUT2D eigenvalue weighted by atomic mass is 32.2. The van der Waals surface area contributed by atoms with Gasteiger partial charge in [-0.1, -0.05) is 24.3 Å². The summed E-state index contributed by atoms with van der Waals surface area (Å²) in [5, 5.41) is 2.87. The second kappa shape index (κ2) is 10.4. The lowest BCUT2D eigenvalue weighted by Gasteiger charge is -2.19. The van der Waals surface area contributed by atoms with E-state index < -0.39 is 10.0 Å². The summed E-state index contributed by atoms with van der Waals surface area (Å²) in [6.07, 6.45) is 0.0819. The Hall–Kier alpha value is -2.22. The summed E-state index contributed by atoms with van der Waals surface area (Å²) in [6.45, 7) is 10.9. The maximum atomic E-state index is 12.9. The molecule has 0 spiro atoms. The maximum Gasteiger partial charge on any atom is 0.241 e. The molecule has 6 nitrogen and oxygen atoms in total. The van der Waals surface area contributed by atoms with Gasteiger partial charge in [0, 0.05) is 26.1 Å². The van der Waals surface area contributed by atoms with Gasteiger partial charge in [0.15, 0.2) is 0 Å². The van der Waals surface area contributed by atoms with Crippen LogP contribution in [0.1, 0.15) is 45.4 Å². The van der Waals surface area contributed by atoms with Crippen LogP contribution in [0.2, 0.25) is 0 Å². The lowest BCUT2D eigenvalue weighted by atomic mass is 9.95. The monoisotopic (exact) mass is 445 g/mol. The van der Waals surface area contributed by atoms with Gasteiger partial charge in [-0.05, 0) is 87.7 Å². The zero-order chi connectivity index (χ0) is 23.3. The van der Waals surface area contributed by atoms with Crippen molar-refractivity contribution in [2.24, 2.45) is 0 Å². The smallest absolute Gasteiger partial charge is 0.241 e. The van der Waals surface area contributed by atoms with E-state index in [-0.39, 0.29) is 18.9 Å². The molecule has 2 rings (SSSR count). The number of benzene rings is 2. The van der Waals surface area contributed by atoms with Gasteiger partial charge in [0.1, 0.15) is 0 Å². The van der Waals surface area contributed by atoms with Crippen LogP contribution in [0.3, 0.4) is 0 Å². The second-order valence-electron chi connectivity index (χ2n) is 8.44. The molecule has 2 aromatic carbocycles. The van der Waals surface area contributed by atoms with Crippen LogP contribution >= 0.6 is 0 Å². The van der Waals surface area contributed by atoms with Gasteiger partial charge in [-0.2, -0.15) is 0 Å². The molecule has 0 radical (unpaired) electrons. The quantitative estimate of drug-likeness (QED) is 0.621. The number of hydrogen-bond acceptors (Lipinski definition) is 4. The molecule has 2 aromatic rings. The number of nitrogens with zero attached hydrogens (tertiary/aromatic N) is 1. The number of amides is 1. The number of carbonyl (C=O) groups is 1. The molecular formula is C24H35N3O3S. The van der Waals surface area contributed by atoms with E-state index in [0.29, 0.717) is 11.4 Å². The first kappa shape index (κ1) is 25.0. The van der Waals surface area contributed by atoms with Crippen LogP contribution in [-0.2, 0) is 27.9 Å². The molecule has 2 N–H and O–H groups in total. The van der Waals surface area contributed by atoms with Gasteiger partial charge in [0.05, 0.1) is 4.90 Å². The lowest BCUT2D eigenvalue weighted by molar-refractivity contribution is -0.121. The Labute approximate surface area is 187 Å². The Kier molecular flexibility index (Phi) is 8.40. The highest BCUT2D eigenvalue weighted by Gasteiger charge is 2.23. The van der Waals surface area contributed by atoms with Crippen molar-refractivity contribution in [3.05, 3.63) is 63.2 Å². The molecule has 0 aliphatic heterocycles. The number of nitrogens with one attached hydrogen (secondary N) is 2. The van der Waals surface area contributed by atoms with E-state index in [1.165, 1.54) is 5.56 Å². The molecule has 0 aromatic heterocycles. The third kappa shape index (κ3) is 6.38. The van der Waals surface area contributed by atoms with E-state index >= 15 is 0 Å². The summed E-state index contributed by atoms with van der Waals surface area (Å²) in [5.41, 5.74) is 6.80. The molecule has 1 amide bonds. The highest BCUT2D eigenvalue weighted by Crippen LogP contribution is 2.29. The van der Waals surface area contributed by atoms with Gasteiger partial charge < -0.3 is 10.2 Å². The Morgan fingerprint density at radius 3 is 2.03 bits per heavy atom. The van der Waals surface area contributed by atoms with Crippen molar-refractivity contribution >= 4 is 15.9 Å². The molecule has 0 aliphatic carbocycles. The van der Waals surface area contributed by atoms with Crippen LogP contribution in [0, 0.1) is 34.6 Å². The summed E-state index contributed by atoms with van der Waals surface area (Å²) in [7, 11) is 0.325. The Balaban J connectivity index is 1.96. The first-order chi connectivity index (χ1) is 14.4. The average molecular weight is 446 g/mol. The molecule has 170 valence electrons. The Morgan fingerprint density at radius 2 is 1.45 bits per heavy atom.